The number of anilines is 1. The van der Waals surface area contributed by atoms with Crippen molar-refractivity contribution in [1.82, 2.24) is 0 Å². The van der Waals surface area contributed by atoms with Gasteiger partial charge in [0.15, 0.2) is 6.61 Å². The smallest absolute Gasteiger partial charge is 0.416 e. The first-order chi connectivity index (χ1) is 12.3. The summed E-state index contributed by atoms with van der Waals surface area (Å²) in [6.45, 7) is 0.479. The van der Waals surface area contributed by atoms with Crippen molar-refractivity contribution in [2.24, 2.45) is 5.10 Å². The summed E-state index contributed by atoms with van der Waals surface area (Å²) in [6, 6.07) is 12.9. The van der Waals surface area contributed by atoms with Gasteiger partial charge in [-0.05, 0) is 23.8 Å². The van der Waals surface area contributed by atoms with E-state index in [1.54, 1.807) is 30.3 Å². The summed E-state index contributed by atoms with van der Waals surface area (Å²) < 4.78 is 43.4. The zero-order valence-corrected chi connectivity index (χ0v) is 13.7. The van der Waals surface area contributed by atoms with E-state index >= 15 is 0 Å². The van der Waals surface area contributed by atoms with Crippen LogP contribution >= 0.6 is 0 Å². The summed E-state index contributed by atoms with van der Waals surface area (Å²) in [7, 11) is 0. The van der Waals surface area contributed by atoms with Crippen molar-refractivity contribution in [1.29, 1.82) is 0 Å². The number of esters is 1. The first-order valence-corrected chi connectivity index (χ1v) is 7.50. The first-order valence-electron chi connectivity index (χ1n) is 7.50. The van der Waals surface area contributed by atoms with Crippen LogP contribution in [0.1, 0.15) is 18.1 Å². The number of nitrogens with zero attached hydrogens (tertiary/aromatic N) is 2. The Labute approximate surface area is 147 Å². The number of carbonyl (C=O) groups excluding carboxylic acids is 2. The van der Waals surface area contributed by atoms with Crippen LogP contribution in [0.2, 0.25) is 0 Å². The van der Waals surface area contributed by atoms with Crippen LogP contribution in [0.25, 0.3) is 0 Å². The molecule has 0 saturated carbocycles. The molecular weight excluding hydrogens is 349 g/mol. The third-order valence-electron chi connectivity index (χ3n) is 3.18. The van der Waals surface area contributed by atoms with Gasteiger partial charge in [-0.2, -0.15) is 23.3 Å². The minimum absolute atomic E-state index is 0.0934. The lowest BCUT2D eigenvalue weighted by Crippen LogP contribution is -2.30. The van der Waals surface area contributed by atoms with E-state index in [1.165, 1.54) is 18.3 Å². The van der Waals surface area contributed by atoms with Gasteiger partial charge in [-0.25, -0.2) is 0 Å². The molecule has 8 heteroatoms. The number of halogens is 3. The summed E-state index contributed by atoms with van der Waals surface area (Å²) in [6.07, 6.45) is -3.24. The number of hydrogen-bond acceptors (Lipinski definition) is 4. The molecule has 0 heterocycles. The second kappa shape index (κ2) is 8.28. The maximum Gasteiger partial charge on any atom is 0.416 e. The highest BCUT2D eigenvalue weighted by Gasteiger charge is 2.31. The molecule has 0 aliphatic rings. The summed E-state index contributed by atoms with van der Waals surface area (Å²) in [5, 5.41) is 4.73. The number of carbonyl (C=O) groups is 2. The van der Waals surface area contributed by atoms with Crippen molar-refractivity contribution < 1.29 is 27.5 Å². The quantitative estimate of drug-likeness (QED) is 0.462. The highest BCUT2D eigenvalue weighted by molar-refractivity contribution is 5.96. The predicted molar refractivity (Wildman–Crippen MR) is 89.6 cm³/mol. The molecule has 26 heavy (non-hydrogen) atoms. The van der Waals surface area contributed by atoms with Gasteiger partial charge in [-0.1, -0.05) is 36.4 Å². The molecule has 0 spiro atoms. The number of rotatable bonds is 5. The fourth-order valence-corrected chi connectivity index (χ4v) is 1.98. The van der Waals surface area contributed by atoms with Crippen molar-refractivity contribution in [2.45, 2.75) is 13.1 Å². The molecule has 5 nitrogen and oxygen atoms in total. The Hall–Kier alpha value is -3.16. The fourth-order valence-electron chi connectivity index (χ4n) is 1.98. The Bertz CT molecular complexity index is 805. The van der Waals surface area contributed by atoms with E-state index in [1.807, 2.05) is 0 Å². The van der Waals surface area contributed by atoms with Crippen LogP contribution in [-0.2, 0) is 20.5 Å². The molecular formula is C18H15F3N2O3. The van der Waals surface area contributed by atoms with Crippen LogP contribution in [0.3, 0.4) is 0 Å². The lowest BCUT2D eigenvalue weighted by atomic mass is 10.2. The van der Waals surface area contributed by atoms with E-state index in [0.29, 0.717) is 5.56 Å². The first kappa shape index (κ1) is 19.2. The summed E-state index contributed by atoms with van der Waals surface area (Å²) in [5.41, 5.74) is -0.371. The minimum atomic E-state index is -4.57. The van der Waals surface area contributed by atoms with Crippen molar-refractivity contribution in [3.63, 3.8) is 0 Å². The fraction of sp³-hybridized carbons (Fsp3) is 0.167. The van der Waals surface area contributed by atoms with Gasteiger partial charge < -0.3 is 4.74 Å². The van der Waals surface area contributed by atoms with E-state index in [4.69, 9.17) is 0 Å². The minimum Gasteiger partial charge on any atom is -0.456 e. The van der Waals surface area contributed by atoms with Gasteiger partial charge in [-0.15, -0.1) is 0 Å². The van der Waals surface area contributed by atoms with Gasteiger partial charge in [0, 0.05) is 6.92 Å². The maximum absolute atomic E-state index is 12.9. The molecule has 0 saturated heterocycles. The SMILES string of the molecule is CC(=O)OCC(=O)N(N=Cc1ccccc1)c1cccc(C(F)(F)F)c1. The second-order valence-corrected chi connectivity index (χ2v) is 5.19. The highest BCUT2D eigenvalue weighted by Crippen LogP contribution is 2.31. The second-order valence-electron chi connectivity index (χ2n) is 5.19. The molecule has 0 bridgehead atoms. The monoisotopic (exact) mass is 364 g/mol. The van der Waals surface area contributed by atoms with Gasteiger partial charge in [0.1, 0.15) is 0 Å². The average Bonchev–Trinajstić information content (AvgIpc) is 2.60. The maximum atomic E-state index is 12.9. The average molecular weight is 364 g/mol. The Balaban J connectivity index is 2.35. The van der Waals surface area contributed by atoms with E-state index in [0.717, 1.165) is 24.1 Å². The number of hydrogen-bond donors (Lipinski definition) is 0. The zero-order valence-electron chi connectivity index (χ0n) is 13.7. The van der Waals surface area contributed by atoms with Gasteiger partial charge in [0.05, 0.1) is 17.5 Å². The van der Waals surface area contributed by atoms with Gasteiger partial charge in [0.2, 0.25) is 0 Å². The molecule has 0 atom stereocenters. The molecule has 0 aliphatic carbocycles. The van der Waals surface area contributed by atoms with Gasteiger partial charge in [-0.3, -0.25) is 9.59 Å². The molecule has 0 fully saturated rings. The van der Waals surface area contributed by atoms with E-state index in [-0.39, 0.29) is 5.69 Å². The molecule has 0 unspecified atom stereocenters. The normalized spacial score (nSPS) is 11.4. The van der Waals surface area contributed by atoms with Crippen LogP contribution < -0.4 is 5.01 Å². The number of benzene rings is 2. The van der Waals surface area contributed by atoms with Crippen LogP contribution in [0, 0.1) is 0 Å². The topological polar surface area (TPSA) is 59.0 Å². The van der Waals surface area contributed by atoms with E-state index in [2.05, 4.69) is 9.84 Å². The number of amides is 1. The molecule has 1 amide bonds. The van der Waals surface area contributed by atoms with Gasteiger partial charge in [0.25, 0.3) is 5.91 Å². The Morgan fingerprint density at radius 3 is 2.42 bits per heavy atom. The molecule has 0 N–H and O–H groups in total. The third kappa shape index (κ3) is 5.44. The predicted octanol–water partition coefficient (Wildman–Crippen LogP) is 3.64. The molecule has 2 rings (SSSR count). The zero-order chi connectivity index (χ0) is 19.2. The molecule has 2 aromatic carbocycles. The molecule has 2 aromatic rings. The van der Waals surface area contributed by atoms with Crippen LogP contribution in [0.15, 0.2) is 59.7 Å². The number of alkyl halides is 3. The van der Waals surface area contributed by atoms with Crippen LogP contribution in [0.4, 0.5) is 18.9 Å². The standard InChI is InChI=1S/C18H15F3N2O3/c1-13(24)26-12-17(25)23(22-11-14-6-3-2-4-7-14)16-9-5-8-15(10-16)18(19,20)21/h2-11H,12H2,1H3. The van der Waals surface area contributed by atoms with Crippen molar-refractivity contribution in [2.75, 3.05) is 11.6 Å². The Kier molecular flexibility index (Phi) is 6.11. The Morgan fingerprint density at radius 2 is 1.81 bits per heavy atom. The largest absolute Gasteiger partial charge is 0.456 e. The lowest BCUT2D eigenvalue weighted by molar-refractivity contribution is -0.145. The number of hydrazone groups is 1. The molecule has 0 radical (unpaired) electrons. The lowest BCUT2D eigenvalue weighted by Gasteiger charge is -2.18. The molecule has 0 aromatic heterocycles. The van der Waals surface area contributed by atoms with Crippen molar-refractivity contribution in [3.8, 4) is 0 Å². The molecule has 0 aliphatic heterocycles. The highest BCUT2D eigenvalue weighted by atomic mass is 19.4. The van der Waals surface area contributed by atoms with E-state index in [9.17, 15) is 22.8 Å². The number of ether oxygens (including phenoxy) is 1. The summed E-state index contributed by atoms with van der Waals surface area (Å²) in [5.74, 6) is -1.47. The molecule has 136 valence electrons. The van der Waals surface area contributed by atoms with Crippen molar-refractivity contribution >= 4 is 23.8 Å². The summed E-state index contributed by atoms with van der Waals surface area (Å²) in [4.78, 5) is 23.2. The van der Waals surface area contributed by atoms with Crippen LogP contribution in [-0.4, -0.2) is 24.7 Å². The Morgan fingerprint density at radius 1 is 1.12 bits per heavy atom. The van der Waals surface area contributed by atoms with Gasteiger partial charge >= 0.3 is 12.1 Å². The van der Waals surface area contributed by atoms with E-state index < -0.39 is 30.2 Å². The van der Waals surface area contributed by atoms with Crippen LogP contribution in [0.5, 0.6) is 0 Å². The van der Waals surface area contributed by atoms with Crippen molar-refractivity contribution in [3.05, 3.63) is 65.7 Å². The third-order valence-corrected chi connectivity index (χ3v) is 3.18. The summed E-state index contributed by atoms with van der Waals surface area (Å²) >= 11 is 0.